The second-order valence-corrected chi connectivity index (χ2v) is 6.84. The van der Waals surface area contributed by atoms with Gasteiger partial charge in [-0.15, -0.1) is 0 Å². The molecule has 0 aliphatic heterocycles. The maximum absolute atomic E-state index is 3.65. The van der Waals surface area contributed by atoms with Gasteiger partial charge in [0.05, 0.1) is 0 Å². The average Bonchev–Trinajstić information content (AvgIpc) is 2.66. The smallest absolute Gasteiger partial charge is 0.0348 e. The van der Waals surface area contributed by atoms with Gasteiger partial charge < -0.3 is 0 Å². The van der Waals surface area contributed by atoms with Crippen molar-refractivity contribution in [2.75, 3.05) is 0 Å². The summed E-state index contributed by atoms with van der Waals surface area (Å²) in [5.41, 5.74) is 0. The van der Waals surface area contributed by atoms with Crippen LogP contribution in [0.5, 0.6) is 0 Å². The van der Waals surface area contributed by atoms with Gasteiger partial charge in [0.15, 0.2) is 0 Å². The quantitative estimate of drug-likeness (QED) is 0.170. The summed E-state index contributed by atoms with van der Waals surface area (Å²) in [4.78, 5) is 0. The molecule has 0 aromatic rings. The Morgan fingerprint density at radius 2 is 0.846 bits per heavy atom. The molecule has 0 aliphatic rings. The maximum Gasteiger partial charge on any atom is -0.0348 e. The molecule has 0 aliphatic carbocycles. The molecule has 0 rings (SSSR count). The van der Waals surface area contributed by atoms with Crippen LogP contribution in [0.1, 0.15) is 90.4 Å². The normalized spacial score (nSPS) is 12.7. The Morgan fingerprint density at radius 3 is 1.27 bits per heavy atom. The topological polar surface area (TPSA) is 0 Å². The number of allylic oxidation sites excluding steroid dienone is 11. The van der Waals surface area contributed by atoms with Crippen LogP contribution in [-0.4, -0.2) is 0 Å². The first-order chi connectivity index (χ1) is 12.9. The molecule has 0 saturated heterocycles. The Labute approximate surface area is 164 Å². The van der Waals surface area contributed by atoms with Crippen molar-refractivity contribution in [3.05, 3.63) is 73.4 Å². The summed E-state index contributed by atoms with van der Waals surface area (Å²) in [5.74, 6) is 0. The van der Waals surface area contributed by atoms with Crippen LogP contribution < -0.4 is 0 Å². The fourth-order valence-corrected chi connectivity index (χ4v) is 2.72. The molecule has 0 atom stereocenters. The van der Waals surface area contributed by atoms with Gasteiger partial charge in [0.25, 0.3) is 0 Å². The van der Waals surface area contributed by atoms with Crippen LogP contribution in [0, 0.1) is 0 Å². The van der Waals surface area contributed by atoms with E-state index in [1.807, 2.05) is 18.2 Å². The van der Waals surface area contributed by atoms with E-state index in [1.165, 1.54) is 83.5 Å². The molecular formula is C26H42. The summed E-state index contributed by atoms with van der Waals surface area (Å²) in [5, 5.41) is 0. The standard InChI is InChI=1S/C26H42/c1-3-5-7-9-11-13-15-17-19-21-23-25-26-24-22-20-18-16-14-12-10-8-6-4-2/h3,5,7,9,11,16,18,20,22,24,26H,1,4,6,8,10,12-15,17,19,21,23,25H2,2H3. The molecule has 0 spiro atoms. The molecule has 26 heavy (non-hydrogen) atoms. The van der Waals surface area contributed by atoms with Crippen molar-refractivity contribution in [3.8, 4) is 0 Å². The lowest BCUT2D eigenvalue weighted by atomic mass is 10.1. The van der Waals surface area contributed by atoms with Crippen molar-refractivity contribution in [3.63, 3.8) is 0 Å². The summed E-state index contributed by atoms with van der Waals surface area (Å²) >= 11 is 0. The second-order valence-electron chi connectivity index (χ2n) is 6.84. The monoisotopic (exact) mass is 354 g/mol. The molecule has 0 heteroatoms. The van der Waals surface area contributed by atoms with Gasteiger partial charge in [-0.25, -0.2) is 0 Å². The SMILES string of the molecule is C=CC=CC=CCCCCCCCC=CC=CC=CCCCCCCC. The van der Waals surface area contributed by atoms with Gasteiger partial charge in [0.1, 0.15) is 0 Å². The summed E-state index contributed by atoms with van der Waals surface area (Å²) in [6.07, 6.45) is 40.6. The molecule has 146 valence electrons. The van der Waals surface area contributed by atoms with E-state index in [9.17, 15) is 0 Å². The van der Waals surface area contributed by atoms with E-state index < -0.39 is 0 Å². The van der Waals surface area contributed by atoms with Crippen LogP contribution in [0.4, 0.5) is 0 Å². The zero-order valence-corrected chi connectivity index (χ0v) is 17.3. The first-order valence-corrected chi connectivity index (χ1v) is 10.8. The molecule has 0 unspecified atom stereocenters. The number of hydrogen-bond acceptors (Lipinski definition) is 0. The molecule has 0 fully saturated rings. The third kappa shape index (κ3) is 22.4. The molecule has 0 heterocycles. The Morgan fingerprint density at radius 1 is 0.462 bits per heavy atom. The van der Waals surface area contributed by atoms with E-state index in [4.69, 9.17) is 0 Å². The highest BCUT2D eigenvalue weighted by Crippen LogP contribution is 2.08. The van der Waals surface area contributed by atoms with Crippen molar-refractivity contribution >= 4 is 0 Å². The molecule has 0 bridgehead atoms. The van der Waals surface area contributed by atoms with E-state index in [-0.39, 0.29) is 0 Å². The van der Waals surface area contributed by atoms with Gasteiger partial charge in [-0.1, -0.05) is 125 Å². The zero-order valence-electron chi connectivity index (χ0n) is 17.3. The van der Waals surface area contributed by atoms with Crippen molar-refractivity contribution in [1.82, 2.24) is 0 Å². The fraction of sp³-hybridized carbons (Fsp3) is 0.538. The number of rotatable bonds is 18. The van der Waals surface area contributed by atoms with Gasteiger partial charge in [-0.3, -0.25) is 0 Å². The Balaban J connectivity index is 3.33. The maximum atomic E-state index is 3.65. The van der Waals surface area contributed by atoms with E-state index in [0.29, 0.717) is 0 Å². The molecule has 0 saturated carbocycles. The number of unbranched alkanes of at least 4 members (excludes halogenated alkanes) is 11. The van der Waals surface area contributed by atoms with Gasteiger partial charge in [0.2, 0.25) is 0 Å². The lowest BCUT2D eigenvalue weighted by Gasteiger charge is -1.97. The van der Waals surface area contributed by atoms with Crippen molar-refractivity contribution < 1.29 is 0 Å². The molecule has 0 aromatic heterocycles. The van der Waals surface area contributed by atoms with Crippen LogP contribution in [-0.2, 0) is 0 Å². The zero-order chi connectivity index (χ0) is 19.0. The van der Waals surface area contributed by atoms with Crippen LogP contribution in [0.3, 0.4) is 0 Å². The summed E-state index contributed by atoms with van der Waals surface area (Å²) in [6, 6.07) is 0. The first-order valence-electron chi connectivity index (χ1n) is 10.8. The van der Waals surface area contributed by atoms with Crippen LogP contribution >= 0.6 is 0 Å². The highest BCUT2D eigenvalue weighted by atomic mass is 13.9. The highest BCUT2D eigenvalue weighted by Gasteiger charge is 1.88. The molecular weight excluding hydrogens is 312 g/mol. The molecule has 0 nitrogen and oxygen atoms in total. The summed E-state index contributed by atoms with van der Waals surface area (Å²) < 4.78 is 0. The van der Waals surface area contributed by atoms with Crippen molar-refractivity contribution in [1.29, 1.82) is 0 Å². The number of hydrogen-bond donors (Lipinski definition) is 0. The van der Waals surface area contributed by atoms with Crippen LogP contribution in [0.2, 0.25) is 0 Å². The summed E-state index contributed by atoms with van der Waals surface area (Å²) in [6.45, 7) is 5.92. The second kappa shape index (κ2) is 23.4. The van der Waals surface area contributed by atoms with Gasteiger partial charge in [-0.05, 0) is 38.5 Å². The third-order valence-electron chi connectivity index (χ3n) is 4.32. The minimum atomic E-state index is 1.19. The van der Waals surface area contributed by atoms with E-state index in [1.54, 1.807) is 0 Å². The molecule has 0 aromatic carbocycles. The predicted molar refractivity (Wildman–Crippen MR) is 122 cm³/mol. The summed E-state index contributed by atoms with van der Waals surface area (Å²) in [7, 11) is 0. The minimum absolute atomic E-state index is 1.19. The fourth-order valence-electron chi connectivity index (χ4n) is 2.72. The lowest BCUT2D eigenvalue weighted by molar-refractivity contribution is 0.622. The van der Waals surface area contributed by atoms with Crippen molar-refractivity contribution in [2.45, 2.75) is 90.4 Å². The van der Waals surface area contributed by atoms with Crippen molar-refractivity contribution in [2.24, 2.45) is 0 Å². The lowest BCUT2D eigenvalue weighted by Crippen LogP contribution is -1.78. The Hall–Kier alpha value is -1.56. The van der Waals surface area contributed by atoms with Gasteiger partial charge in [-0.2, -0.15) is 0 Å². The van der Waals surface area contributed by atoms with Crippen LogP contribution in [0.15, 0.2) is 73.4 Å². The van der Waals surface area contributed by atoms with Gasteiger partial charge in [0, 0.05) is 0 Å². The van der Waals surface area contributed by atoms with E-state index >= 15 is 0 Å². The molecule has 0 N–H and O–H groups in total. The Kier molecular flexibility index (Phi) is 22.0. The van der Waals surface area contributed by atoms with E-state index in [2.05, 4.69) is 62.1 Å². The Bertz CT molecular complexity index is 417. The van der Waals surface area contributed by atoms with E-state index in [0.717, 1.165) is 0 Å². The predicted octanol–water partition coefficient (Wildman–Crippen LogP) is 9.04. The first kappa shape index (κ1) is 24.4. The van der Waals surface area contributed by atoms with Gasteiger partial charge >= 0.3 is 0 Å². The third-order valence-corrected chi connectivity index (χ3v) is 4.32. The highest BCUT2D eigenvalue weighted by molar-refractivity contribution is 5.11. The average molecular weight is 355 g/mol. The van der Waals surface area contributed by atoms with Crippen LogP contribution in [0.25, 0.3) is 0 Å². The minimum Gasteiger partial charge on any atom is -0.0991 e. The largest absolute Gasteiger partial charge is 0.0991 e. The molecule has 0 radical (unpaired) electrons. The molecule has 0 amide bonds.